The molecular formula is C18H21N5. The summed E-state index contributed by atoms with van der Waals surface area (Å²) in [5, 5.41) is 4.34. The first-order valence-corrected chi connectivity index (χ1v) is 7.53. The van der Waals surface area contributed by atoms with Gasteiger partial charge in [-0.1, -0.05) is 12.1 Å². The molecule has 0 aliphatic heterocycles. The molecular weight excluding hydrogens is 286 g/mol. The van der Waals surface area contributed by atoms with Crippen molar-refractivity contribution in [3.8, 4) is 0 Å². The Balaban J connectivity index is 1.96. The average Bonchev–Trinajstić information content (AvgIpc) is 2.54. The highest BCUT2D eigenvalue weighted by atomic mass is 15.2. The summed E-state index contributed by atoms with van der Waals surface area (Å²) >= 11 is 0. The van der Waals surface area contributed by atoms with Crippen LogP contribution in [0.2, 0.25) is 0 Å². The summed E-state index contributed by atoms with van der Waals surface area (Å²) in [4.78, 5) is 13.3. The molecule has 3 aromatic rings. The van der Waals surface area contributed by atoms with E-state index in [1.54, 1.807) is 0 Å². The molecule has 0 aliphatic rings. The molecule has 2 aromatic carbocycles. The van der Waals surface area contributed by atoms with Crippen molar-refractivity contribution in [3.63, 3.8) is 0 Å². The van der Waals surface area contributed by atoms with Gasteiger partial charge in [-0.2, -0.15) is 4.98 Å². The molecule has 1 aromatic heterocycles. The Morgan fingerprint density at radius 1 is 0.783 bits per heavy atom. The van der Waals surface area contributed by atoms with Crippen molar-refractivity contribution in [2.24, 2.45) is 0 Å². The van der Waals surface area contributed by atoms with Crippen LogP contribution in [0.15, 0.2) is 48.5 Å². The van der Waals surface area contributed by atoms with Crippen LogP contribution in [0.1, 0.15) is 0 Å². The zero-order chi connectivity index (χ0) is 16.4. The minimum Gasteiger partial charge on any atom is -0.378 e. The lowest BCUT2D eigenvalue weighted by Crippen LogP contribution is -2.13. The number of hydrogen-bond acceptors (Lipinski definition) is 5. The molecule has 0 spiro atoms. The Kier molecular flexibility index (Phi) is 4.02. The maximum Gasteiger partial charge on any atom is 0.229 e. The number of nitrogens with zero attached hydrogens (tertiary/aromatic N) is 4. The Morgan fingerprint density at radius 2 is 1.48 bits per heavy atom. The summed E-state index contributed by atoms with van der Waals surface area (Å²) in [6.07, 6.45) is 0. The summed E-state index contributed by atoms with van der Waals surface area (Å²) in [6.45, 7) is 0. The Labute approximate surface area is 136 Å². The Hall–Kier alpha value is -2.82. The van der Waals surface area contributed by atoms with Gasteiger partial charge in [0.15, 0.2) is 0 Å². The number of fused-ring (bicyclic) bond motifs is 1. The molecule has 0 amide bonds. The third-order valence-corrected chi connectivity index (χ3v) is 3.65. The molecule has 1 heterocycles. The van der Waals surface area contributed by atoms with Crippen molar-refractivity contribution in [3.05, 3.63) is 48.5 Å². The van der Waals surface area contributed by atoms with Crippen LogP contribution in [0.4, 0.5) is 23.1 Å². The summed E-state index contributed by atoms with van der Waals surface area (Å²) in [5.41, 5.74) is 3.05. The lowest BCUT2D eigenvalue weighted by molar-refractivity contribution is 1.06. The van der Waals surface area contributed by atoms with Crippen molar-refractivity contribution in [2.75, 3.05) is 43.3 Å². The van der Waals surface area contributed by atoms with E-state index in [0.717, 1.165) is 28.1 Å². The van der Waals surface area contributed by atoms with Crippen LogP contribution in [0.5, 0.6) is 0 Å². The Morgan fingerprint density at radius 3 is 2.13 bits per heavy atom. The van der Waals surface area contributed by atoms with E-state index < -0.39 is 0 Å². The monoisotopic (exact) mass is 307 g/mol. The van der Waals surface area contributed by atoms with Crippen LogP contribution in [0.3, 0.4) is 0 Å². The van der Waals surface area contributed by atoms with Gasteiger partial charge in [0, 0.05) is 45.0 Å². The van der Waals surface area contributed by atoms with Gasteiger partial charge in [0.05, 0.1) is 5.52 Å². The zero-order valence-corrected chi connectivity index (χ0v) is 13.9. The molecule has 118 valence electrons. The van der Waals surface area contributed by atoms with E-state index in [2.05, 4.69) is 32.3 Å². The molecule has 0 aliphatic carbocycles. The molecule has 0 atom stereocenters. The van der Waals surface area contributed by atoms with Gasteiger partial charge in [0.25, 0.3) is 0 Å². The SMILES string of the molecule is CN(C)c1ccc(Nc2nc(N(C)C)c3ccccc3n2)cc1. The van der Waals surface area contributed by atoms with Crippen LogP contribution >= 0.6 is 0 Å². The van der Waals surface area contributed by atoms with Crippen molar-refractivity contribution < 1.29 is 0 Å². The molecule has 0 radical (unpaired) electrons. The van der Waals surface area contributed by atoms with E-state index in [9.17, 15) is 0 Å². The highest BCUT2D eigenvalue weighted by molar-refractivity contribution is 5.90. The second-order valence-electron chi connectivity index (χ2n) is 5.85. The van der Waals surface area contributed by atoms with Gasteiger partial charge in [-0.15, -0.1) is 0 Å². The molecule has 23 heavy (non-hydrogen) atoms. The third kappa shape index (κ3) is 3.18. The number of nitrogens with one attached hydrogen (secondary N) is 1. The first kappa shape index (κ1) is 15.1. The number of hydrogen-bond donors (Lipinski definition) is 1. The molecule has 0 unspecified atom stereocenters. The normalized spacial score (nSPS) is 10.6. The minimum atomic E-state index is 0.602. The van der Waals surface area contributed by atoms with Gasteiger partial charge in [-0.05, 0) is 36.4 Å². The van der Waals surface area contributed by atoms with Crippen molar-refractivity contribution in [1.82, 2.24) is 9.97 Å². The van der Waals surface area contributed by atoms with E-state index >= 15 is 0 Å². The summed E-state index contributed by atoms with van der Waals surface area (Å²) in [6, 6.07) is 16.2. The number of benzene rings is 2. The second kappa shape index (κ2) is 6.12. The number of para-hydroxylation sites is 1. The van der Waals surface area contributed by atoms with Crippen LogP contribution in [-0.4, -0.2) is 38.2 Å². The smallest absolute Gasteiger partial charge is 0.229 e. The molecule has 0 saturated carbocycles. The third-order valence-electron chi connectivity index (χ3n) is 3.65. The van der Waals surface area contributed by atoms with Gasteiger partial charge >= 0.3 is 0 Å². The quantitative estimate of drug-likeness (QED) is 0.799. The van der Waals surface area contributed by atoms with Gasteiger partial charge < -0.3 is 15.1 Å². The van der Waals surface area contributed by atoms with Gasteiger partial charge in [0.1, 0.15) is 5.82 Å². The number of anilines is 4. The van der Waals surface area contributed by atoms with Crippen molar-refractivity contribution in [1.29, 1.82) is 0 Å². The van der Waals surface area contributed by atoms with Crippen LogP contribution in [-0.2, 0) is 0 Å². The van der Waals surface area contributed by atoms with Gasteiger partial charge in [-0.25, -0.2) is 4.98 Å². The van der Waals surface area contributed by atoms with E-state index in [1.165, 1.54) is 0 Å². The summed E-state index contributed by atoms with van der Waals surface area (Å²) in [5.74, 6) is 1.51. The average molecular weight is 307 g/mol. The predicted octanol–water partition coefficient (Wildman–Crippen LogP) is 3.51. The van der Waals surface area contributed by atoms with Crippen LogP contribution in [0.25, 0.3) is 10.9 Å². The topological polar surface area (TPSA) is 44.3 Å². The fraction of sp³-hybridized carbons (Fsp3) is 0.222. The fourth-order valence-corrected chi connectivity index (χ4v) is 2.43. The minimum absolute atomic E-state index is 0.602. The van der Waals surface area contributed by atoms with E-state index in [1.807, 2.05) is 69.5 Å². The summed E-state index contributed by atoms with van der Waals surface area (Å²) < 4.78 is 0. The number of aromatic nitrogens is 2. The molecule has 0 fully saturated rings. The van der Waals surface area contributed by atoms with E-state index in [0.29, 0.717) is 5.95 Å². The molecule has 3 rings (SSSR count). The first-order chi connectivity index (χ1) is 11.0. The molecule has 1 N–H and O–H groups in total. The van der Waals surface area contributed by atoms with Gasteiger partial charge in [0.2, 0.25) is 5.95 Å². The fourth-order valence-electron chi connectivity index (χ4n) is 2.43. The Bertz CT molecular complexity index is 809. The maximum absolute atomic E-state index is 4.65. The highest BCUT2D eigenvalue weighted by Gasteiger charge is 2.09. The molecule has 0 bridgehead atoms. The van der Waals surface area contributed by atoms with Crippen molar-refractivity contribution in [2.45, 2.75) is 0 Å². The van der Waals surface area contributed by atoms with E-state index in [-0.39, 0.29) is 0 Å². The maximum atomic E-state index is 4.65. The number of rotatable bonds is 4. The van der Waals surface area contributed by atoms with E-state index in [4.69, 9.17) is 0 Å². The standard InChI is InChI=1S/C18H21N5/c1-22(2)14-11-9-13(10-12-14)19-18-20-16-8-6-5-7-15(16)17(21-18)23(3)4/h5-12H,1-4H3,(H,19,20,21). The first-order valence-electron chi connectivity index (χ1n) is 7.53. The molecule has 5 heteroatoms. The largest absolute Gasteiger partial charge is 0.378 e. The van der Waals surface area contributed by atoms with Crippen LogP contribution in [0, 0.1) is 0 Å². The predicted molar refractivity (Wildman–Crippen MR) is 97.9 cm³/mol. The molecule has 0 saturated heterocycles. The highest BCUT2D eigenvalue weighted by Crippen LogP contribution is 2.25. The summed E-state index contributed by atoms with van der Waals surface area (Å²) in [7, 11) is 8.03. The van der Waals surface area contributed by atoms with Crippen molar-refractivity contribution >= 4 is 34.0 Å². The van der Waals surface area contributed by atoms with Crippen LogP contribution < -0.4 is 15.1 Å². The zero-order valence-electron chi connectivity index (χ0n) is 13.9. The molecule has 5 nitrogen and oxygen atoms in total. The second-order valence-corrected chi connectivity index (χ2v) is 5.85. The lowest BCUT2D eigenvalue weighted by atomic mass is 10.2. The van der Waals surface area contributed by atoms with Gasteiger partial charge in [-0.3, -0.25) is 0 Å². The lowest BCUT2D eigenvalue weighted by Gasteiger charge is -2.16.